The average Bonchev–Trinajstić information content (AvgIpc) is 3.28. The van der Waals surface area contributed by atoms with Crippen molar-refractivity contribution in [2.24, 2.45) is 0 Å². The summed E-state index contributed by atoms with van der Waals surface area (Å²) in [5.74, 6) is 0.973. The van der Waals surface area contributed by atoms with E-state index in [0.29, 0.717) is 16.5 Å². The maximum absolute atomic E-state index is 13.1. The maximum atomic E-state index is 13.1. The predicted molar refractivity (Wildman–Crippen MR) is 89.3 cm³/mol. The normalized spacial score (nSPS) is 11.5. The lowest BCUT2D eigenvalue weighted by atomic mass is 10.2. The third kappa shape index (κ3) is 2.02. The first-order valence-electron chi connectivity index (χ1n) is 7.25. The highest BCUT2D eigenvalue weighted by Crippen LogP contribution is 2.32. The van der Waals surface area contributed by atoms with E-state index in [-0.39, 0.29) is 5.82 Å². The van der Waals surface area contributed by atoms with Gasteiger partial charge in [0.15, 0.2) is 16.6 Å². The summed E-state index contributed by atoms with van der Waals surface area (Å²) >= 11 is 1.39. The van der Waals surface area contributed by atoms with Crippen molar-refractivity contribution in [2.75, 3.05) is 0 Å². The number of hydrogen-bond acceptors (Lipinski definition) is 5. The van der Waals surface area contributed by atoms with Crippen molar-refractivity contribution in [1.29, 1.82) is 0 Å². The summed E-state index contributed by atoms with van der Waals surface area (Å²) in [4.78, 5) is 0.657. The summed E-state index contributed by atoms with van der Waals surface area (Å²) < 4.78 is 20.6. The molecule has 24 heavy (non-hydrogen) atoms. The molecular weight excluding hydrogens is 327 g/mol. The van der Waals surface area contributed by atoms with Gasteiger partial charge in [0, 0.05) is 10.9 Å². The summed E-state index contributed by atoms with van der Waals surface area (Å²) in [6.45, 7) is 0. The number of aromatic nitrogens is 4. The number of halogens is 1. The van der Waals surface area contributed by atoms with Crippen molar-refractivity contribution >= 4 is 27.3 Å². The van der Waals surface area contributed by atoms with E-state index in [4.69, 9.17) is 4.42 Å². The molecule has 0 N–H and O–H groups in total. The average molecular weight is 336 g/mol. The molecule has 5 rings (SSSR count). The second-order valence-electron chi connectivity index (χ2n) is 5.28. The van der Waals surface area contributed by atoms with Crippen LogP contribution in [0.15, 0.2) is 59.0 Å². The number of rotatable bonds is 2. The first-order valence-corrected chi connectivity index (χ1v) is 8.07. The standard InChI is InChI=1S/C17H9FN4OS/c18-12-7-5-10(6-8-12)15-19-20-17-22(15)21-16(24-17)14-9-11-3-1-2-4-13(11)23-14/h1-9H. The van der Waals surface area contributed by atoms with E-state index in [9.17, 15) is 4.39 Å². The fraction of sp³-hybridized carbons (Fsp3) is 0. The van der Waals surface area contributed by atoms with E-state index >= 15 is 0 Å². The van der Waals surface area contributed by atoms with Crippen LogP contribution in [0, 0.1) is 5.82 Å². The van der Waals surface area contributed by atoms with E-state index in [0.717, 1.165) is 21.5 Å². The lowest BCUT2D eigenvalue weighted by molar-refractivity contribution is 0.628. The Morgan fingerprint density at radius 3 is 2.67 bits per heavy atom. The van der Waals surface area contributed by atoms with Gasteiger partial charge in [-0.25, -0.2) is 4.39 Å². The van der Waals surface area contributed by atoms with Gasteiger partial charge >= 0.3 is 0 Å². The predicted octanol–water partition coefficient (Wildman–Crippen LogP) is 4.41. The minimum atomic E-state index is -0.291. The van der Waals surface area contributed by atoms with E-state index in [1.807, 2.05) is 30.3 Å². The van der Waals surface area contributed by atoms with Gasteiger partial charge in [0.05, 0.1) is 0 Å². The van der Waals surface area contributed by atoms with Gasteiger partial charge in [-0.05, 0) is 36.4 Å². The van der Waals surface area contributed by atoms with Gasteiger partial charge in [0.25, 0.3) is 0 Å². The summed E-state index contributed by atoms with van der Waals surface area (Å²) in [6, 6.07) is 15.9. The van der Waals surface area contributed by atoms with Gasteiger partial charge in [0.1, 0.15) is 11.4 Å². The molecule has 3 aromatic heterocycles. The number of para-hydroxylation sites is 1. The molecule has 0 aliphatic heterocycles. The second kappa shape index (κ2) is 4.97. The van der Waals surface area contributed by atoms with E-state index in [1.54, 1.807) is 16.6 Å². The highest BCUT2D eigenvalue weighted by atomic mass is 32.1. The Hall–Kier alpha value is -3.06. The fourth-order valence-corrected chi connectivity index (χ4v) is 3.37. The smallest absolute Gasteiger partial charge is 0.235 e. The van der Waals surface area contributed by atoms with Crippen LogP contribution in [0.1, 0.15) is 0 Å². The minimum Gasteiger partial charge on any atom is -0.453 e. The van der Waals surface area contributed by atoms with Crippen molar-refractivity contribution in [3.63, 3.8) is 0 Å². The molecule has 0 saturated carbocycles. The van der Waals surface area contributed by atoms with Crippen molar-refractivity contribution in [3.05, 3.63) is 60.4 Å². The van der Waals surface area contributed by atoms with Crippen LogP contribution in [-0.4, -0.2) is 19.8 Å². The third-order valence-corrected chi connectivity index (χ3v) is 4.64. The monoisotopic (exact) mass is 336 g/mol. The van der Waals surface area contributed by atoms with E-state index in [2.05, 4.69) is 15.3 Å². The van der Waals surface area contributed by atoms with Crippen molar-refractivity contribution < 1.29 is 8.81 Å². The molecule has 5 nitrogen and oxygen atoms in total. The number of nitrogens with zero attached hydrogens (tertiary/aromatic N) is 4. The maximum Gasteiger partial charge on any atom is 0.235 e. The van der Waals surface area contributed by atoms with Crippen LogP contribution in [0.4, 0.5) is 4.39 Å². The minimum absolute atomic E-state index is 0.291. The molecule has 0 aliphatic carbocycles. The zero-order chi connectivity index (χ0) is 16.1. The Bertz CT molecular complexity index is 1140. The Morgan fingerprint density at radius 2 is 1.83 bits per heavy atom. The van der Waals surface area contributed by atoms with Gasteiger partial charge in [-0.2, -0.15) is 4.52 Å². The summed E-state index contributed by atoms with van der Waals surface area (Å²) in [5, 5.41) is 14.6. The van der Waals surface area contributed by atoms with E-state index < -0.39 is 0 Å². The molecule has 116 valence electrons. The molecule has 7 heteroatoms. The molecule has 0 fully saturated rings. The molecule has 0 saturated heterocycles. The first kappa shape index (κ1) is 13.4. The Labute approximate surface area is 139 Å². The van der Waals surface area contributed by atoms with Crippen molar-refractivity contribution in [1.82, 2.24) is 19.8 Å². The van der Waals surface area contributed by atoms with Crippen LogP contribution in [0.3, 0.4) is 0 Å². The SMILES string of the molecule is Fc1ccc(-c2nnc3sc(-c4cc5ccccc5o4)nn23)cc1. The summed E-state index contributed by atoms with van der Waals surface area (Å²) in [7, 11) is 0. The third-order valence-electron chi connectivity index (χ3n) is 3.73. The molecule has 0 atom stereocenters. The van der Waals surface area contributed by atoms with Gasteiger partial charge in [0.2, 0.25) is 4.96 Å². The quantitative estimate of drug-likeness (QED) is 0.479. The van der Waals surface area contributed by atoms with Gasteiger partial charge in [-0.3, -0.25) is 0 Å². The molecule has 0 aliphatic rings. The molecule has 2 aromatic carbocycles. The highest BCUT2D eigenvalue weighted by Gasteiger charge is 2.16. The lowest BCUT2D eigenvalue weighted by Crippen LogP contribution is -1.90. The number of benzene rings is 2. The molecule has 0 bridgehead atoms. The molecule has 0 unspecified atom stereocenters. The zero-order valence-corrected chi connectivity index (χ0v) is 13.0. The number of hydrogen-bond donors (Lipinski definition) is 0. The highest BCUT2D eigenvalue weighted by molar-refractivity contribution is 7.19. The Kier molecular flexibility index (Phi) is 2.77. The summed E-state index contributed by atoms with van der Waals surface area (Å²) in [5.41, 5.74) is 1.57. The first-order chi connectivity index (χ1) is 11.8. The fourth-order valence-electron chi connectivity index (χ4n) is 2.58. The number of fused-ring (bicyclic) bond motifs is 2. The van der Waals surface area contributed by atoms with E-state index in [1.165, 1.54) is 23.5 Å². The Balaban J connectivity index is 1.65. The molecule has 3 heterocycles. The molecular formula is C17H9FN4OS. The summed E-state index contributed by atoms with van der Waals surface area (Å²) in [6.07, 6.45) is 0. The largest absolute Gasteiger partial charge is 0.453 e. The van der Waals surface area contributed by atoms with Gasteiger partial charge < -0.3 is 4.42 Å². The Morgan fingerprint density at radius 1 is 1.00 bits per heavy atom. The number of furan rings is 1. The van der Waals surface area contributed by atoms with Crippen LogP contribution in [0.5, 0.6) is 0 Å². The lowest BCUT2D eigenvalue weighted by Gasteiger charge is -1.96. The topological polar surface area (TPSA) is 56.2 Å². The van der Waals surface area contributed by atoms with Gasteiger partial charge in [-0.15, -0.1) is 15.3 Å². The van der Waals surface area contributed by atoms with Crippen molar-refractivity contribution in [2.45, 2.75) is 0 Å². The molecule has 0 spiro atoms. The van der Waals surface area contributed by atoms with Crippen LogP contribution in [0.2, 0.25) is 0 Å². The van der Waals surface area contributed by atoms with Crippen LogP contribution in [-0.2, 0) is 0 Å². The van der Waals surface area contributed by atoms with Gasteiger partial charge in [-0.1, -0.05) is 29.5 Å². The molecule has 0 radical (unpaired) electrons. The van der Waals surface area contributed by atoms with Crippen LogP contribution >= 0.6 is 11.3 Å². The van der Waals surface area contributed by atoms with Crippen LogP contribution < -0.4 is 0 Å². The van der Waals surface area contributed by atoms with Crippen molar-refractivity contribution in [3.8, 4) is 22.2 Å². The second-order valence-corrected chi connectivity index (χ2v) is 6.24. The molecule has 0 amide bonds. The molecule has 5 aromatic rings. The zero-order valence-electron chi connectivity index (χ0n) is 12.2. The van der Waals surface area contributed by atoms with Crippen LogP contribution in [0.25, 0.3) is 38.1 Å².